The molecule has 4 heteroatoms. The first-order chi connectivity index (χ1) is 8.13. The Kier molecular flexibility index (Phi) is 3.84. The molecule has 96 valence electrons. The Balaban J connectivity index is 2.13. The first-order valence-corrected chi connectivity index (χ1v) is 6.55. The Morgan fingerprint density at radius 1 is 1.53 bits per heavy atom. The van der Waals surface area contributed by atoms with E-state index in [2.05, 4.69) is 35.3 Å². The zero-order valence-corrected chi connectivity index (χ0v) is 11.1. The van der Waals surface area contributed by atoms with Crippen LogP contribution in [0.2, 0.25) is 0 Å². The van der Waals surface area contributed by atoms with Gasteiger partial charge in [-0.15, -0.1) is 0 Å². The van der Waals surface area contributed by atoms with Gasteiger partial charge in [0.1, 0.15) is 0 Å². The first-order valence-electron chi connectivity index (χ1n) is 6.55. The van der Waals surface area contributed by atoms with Crippen LogP contribution in [0.15, 0.2) is 12.5 Å². The van der Waals surface area contributed by atoms with Gasteiger partial charge in [-0.1, -0.05) is 13.8 Å². The molecule has 2 rings (SSSR count). The van der Waals surface area contributed by atoms with Crippen LogP contribution in [0, 0.1) is 5.92 Å². The lowest BCUT2D eigenvalue weighted by Crippen LogP contribution is -2.34. The number of imidazole rings is 1. The van der Waals surface area contributed by atoms with E-state index in [-0.39, 0.29) is 0 Å². The fourth-order valence-electron chi connectivity index (χ4n) is 2.46. The maximum absolute atomic E-state index is 5.95. The van der Waals surface area contributed by atoms with Crippen LogP contribution < -0.4 is 5.73 Å². The average Bonchev–Trinajstić information content (AvgIpc) is 2.99. The van der Waals surface area contributed by atoms with E-state index in [1.165, 1.54) is 18.5 Å². The van der Waals surface area contributed by atoms with Crippen LogP contribution in [-0.2, 0) is 0 Å². The fraction of sp³-hybridized carbons (Fsp3) is 0.769. The molecule has 0 aromatic carbocycles. The number of rotatable bonds is 6. The van der Waals surface area contributed by atoms with Crippen molar-refractivity contribution < 1.29 is 0 Å². The van der Waals surface area contributed by atoms with E-state index in [4.69, 9.17) is 5.73 Å². The van der Waals surface area contributed by atoms with Gasteiger partial charge in [0, 0.05) is 25.3 Å². The van der Waals surface area contributed by atoms with Gasteiger partial charge in [0.2, 0.25) is 0 Å². The summed E-state index contributed by atoms with van der Waals surface area (Å²) in [7, 11) is 2.15. The van der Waals surface area contributed by atoms with Crippen LogP contribution >= 0.6 is 0 Å². The minimum Gasteiger partial charge on any atom is -0.330 e. The van der Waals surface area contributed by atoms with E-state index in [0.29, 0.717) is 24.5 Å². The van der Waals surface area contributed by atoms with Gasteiger partial charge < -0.3 is 10.3 Å². The van der Waals surface area contributed by atoms with E-state index in [0.717, 1.165) is 6.54 Å². The summed E-state index contributed by atoms with van der Waals surface area (Å²) < 4.78 is 2.31. The van der Waals surface area contributed by atoms with Crippen LogP contribution in [-0.4, -0.2) is 34.6 Å². The molecule has 2 N–H and O–H groups in total. The van der Waals surface area contributed by atoms with Gasteiger partial charge in [0.15, 0.2) is 0 Å². The molecule has 1 aromatic rings. The van der Waals surface area contributed by atoms with Gasteiger partial charge in [0.25, 0.3) is 0 Å². The zero-order chi connectivity index (χ0) is 12.4. The predicted octanol–water partition coefficient (Wildman–Crippen LogP) is 1.81. The third-order valence-electron chi connectivity index (χ3n) is 3.39. The molecule has 0 bridgehead atoms. The fourth-order valence-corrected chi connectivity index (χ4v) is 2.46. The normalized spacial score (nSPS) is 18.0. The quantitative estimate of drug-likeness (QED) is 0.819. The summed E-state index contributed by atoms with van der Waals surface area (Å²) in [5.41, 5.74) is 7.22. The van der Waals surface area contributed by atoms with Crippen molar-refractivity contribution in [1.29, 1.82) is 0 Å². The lowest BCUT2D eigenvalue weighted by atomic mass is 10.1. The number of nitrogens with two attached hydrogens (primary N) is 1. The zero-order valence-electron chi connectivity index (χ0n) is 11.1. The van der Waals surface area contributed by atoms with Crippen molar-refractivity contribution in [2.24, 2.45) is 11.7 Å². The smallest absolute Gasteiger partial charge is 0.0951 e. The summed E-state index contributed by atoms with van der Waals surface area (Å²) in [6.07, 6.45) is 6.51. The molecule has 0 saturated heterocycles. The van der Waals surface area contributed by atoms with Crippen LogP contribution in [0.1, 0.15) is 44.5 Å². The molecular weight excluding hydrogens is 212 g/mol. The molecule has 1 saturated carbocycles. The predicted molar refractivity (Wildman–Crippen MR) is 69.8 cm³/mol. The summed E-state index contributed by atoms with van der Waals surface area (Å²) in [6.45, 7) is 6.20. The third kappa shape index (κ3) is 2.87. The van der Waals surface area contributed by atoms with Crippen molar-refractivity contribution in [3.8, 4) is 0 Å². The molecule has 4 nitrogen and oxygen atoms in total. The van der Waals surface area contributed by atoms with Crippen molar-refractivity contribution in [1.82, 2.24) is 14.5 Å². The Morgan fingerprint density at radius 3 is 2.76 bits per heavy atom. The average molecular weight is 236 g/mol. The topological polar surface area (TPSA) is 47.1 Å². The van der Waals surface area contributed by atoms with Crippen molar-refractivity contribution in [2.45, 2.75) is 38.8 Å². The van der Waals surface area contributed by atoms with Gasteiger partial charge in [-0.05, 0) is 25.8 Å². The highest BCUT2D eigenvalue weighted by Gasteiger charge is 2.28. The van der Waals surface area contributed by atoms with Gasteiger partial charge in [0.05, 0.1) is 18.1 Å². The first kappa shape index (κ1) is 12.6. The van der Waals surface area contributed by atoms with Crippen LogP contribution in [0.5, 0.6) is 0 Å². The third-order valence-corrected chi connectivity index (χ3v) is 3.39. The van der Waals surface area contributed by atoms with E-state index in [9.17, 15) is 0 Å². The maximum Gasteiger partial charge on any atom is 0.0951 e. The lowest BCUT2D eigenvalue weighted by Gasteiger charge is -2.29. The minimum absolute atomic E-state index is 0.292. The van der Waals surface area contributed by atoms with Crippen LogP contribution in [0.25, 0.3) is 0 Å². The summed E-state index contributed by atoms with van der Waals surface area (Å²) >= 11 is 0. The molecule has 1 aliphatic carbocycles. The molecule has 1 aliphatic rings. The molecule has 1 heterocycles. The largest absolute Gasteiger partial charge is 0.330 e. The number of likely N-dealkylation sites (N-methyl/N-ethyl adjacent to an activating group) is 1. The van der Waals surface area contributed by atoms with Crippen molar-refractivity contribution in [2.75, 3.05) is 20.1 Å². The van der Waals surface area contributed by atoms with E-state index in [1.54, 1.807) is 0 Å². The second kappa shape index (κ2) is 5.19. The van der Waals surface area contributed by atoms with Gasteiger partial charge in [-0.25, -0.2) is 4.98 Å². The monoisotopic (exact) mass is 236 g/mol. The maximum atomic E-state index is 5.95. The van der Waals surface area contributed by atoms with Gasteiger partial charge in [-0.2, -0.15) is 0 Å². The van der Waals surface area contributed by atoms with E-state index in [1.807, 2.05) is 12.5 Å². The second-order valence-corrected chi connectivity index (χ2v) is 5.54. The number of aromatic nitrogens is 2. The highest BCUT2D eigenvalue weighted by molar-refractivity contribution is 5.09. The molecule has 0 amide bonds. The number of hydrogen-bond donors (Lipinski definition) is 1. The van der Waals surface area contributed by atoms with Gasteiger partial charge >= 0.3 is 0 Å². The lowest BCUT2D eigenvalue weighted by molar-refractivity contribution is 0.215. The summed E-state index contributed by atoms with van der Waals surface area (Å²) in [5.74, 6) is 0.659. The summed E-state index contributed by atoms with van der Waals surface area (Å²) in [5, 5.41) is 0. The Hall–Kier alpha value is -0.870. The SMILES string of the molecule is CC(C)CN(C)C(CN)c1cncn1C1CC1. The molecule has 0 aliphatic heterocycles. The molecule has 1 fully saturated rings. The standard InChI is InChI=1S/C13H24N4/c1-10(2)8-16(3)12(6-14)13-7-15-9-17(13)11-4-5-11/h7,9-12H,4-6,8,14H2,1-3H3. The molecule has 1 atom stereocenters. The summed E-state index contributed by atoms with van der Waals surface area (Å²) in [4.78, 5) is 6.64. The Bertz CT molecular complexity index is 354. The van der Waals surface area contributed by atoms with Crippen molar-refractivity contribution in [3.63, 3.8) is 0 Å². The second-order valence-electron chi connectivity index (χ2n) is 5.54. The molecule has 17 heavy (non-hydrogen) atoms. The molecule has 1 aromatic heterocycles. The van der Waals surface area contributed by atoms with E-state index >= 15 is 0 Å². The van der Waals surface area contributed by atoms with Crippen molar-refractivity contribution >= 4 is 0 Å². The van der Waals surface area contributed by atoms with Gasteiger partial charge in [-0.3, -0.25) is 4.90 Å². The van der Waals surface area contributed by atoms with Crippen LogP contribution in [0.3, 0.4) is 0 Å². The Morgan fingerprint density at radius 2 is 2.24 bits per heavy atom. The van der Waals surface area contributed by atoms with Crippen LogP contribution in [0.4, 0.5) is 0 Å². The molecule has 0 spiro atoms. The van der Waals surface area contributed by atoms with E-state index < -0.39 is 0 Å². The highest BCUT2D eigenvalue weighted by atomic mass is 15.2. The Labute approximate surface area is 104 Å². The molecule has 1 unspecified atom stereocenters. The highest BCUT2D eigenvalue weighted by Crippen LogP contribution is 2.37. The van der Waals surface area contributed by atoms with Crippen molar-refractivity contribution in [3.05, 3.63) is 18.2 Å². The molecule has 0 radical (unpaired) electrons. The minimum atomic E-state index is 0.292. The number of hydrogen-bond acceptors (Lipinski definition) is 3. The number of nitrogens with zero attached hydrogens (tertiary/aromatic N) is 3. The molecular formula is C13H24N4. The summed E-state index contributed by atoms with van der Waals surface area (Å²) in [6, 6.07) is 0.967.